The summed E-state index contributed by atoms with van der Waals surface area (Å²) in [6.07, 6.45) is 3.37. The van der Waals surface area contributed by atoms with E-state index in [1.54, 1.807) is 6.07 Å². The topological polar surface area (TPSA) is 81.8 Å². The fraction of sp³-hybridized carbons (Fsp3) is 0.333. The lowest BCUT2D eigenvalue weighted by atomic mass is 10.1. The molecule has 2 aromatic rings. The minimum Gasteiger partial charge on any atom is -0.619 e. The van der Waals surface area contributed by atoms with Crippen LogP contribution in [0.5, 0.6) is 0 Å². The van der Waals surface area contributed by atoms with Crippen molar-refractivity contribution in [3.8, 4) is 0 Å². The van der Waals surface area contributed by atoms with E-state index in [-0.39, 0.29) is 11.5 Å². The van der Waals surface area contributed by atoms with Crippen LogP contribution in [-0.2, 0) is 6.42 Å². The zero-order valence-corrected chi connectivity index (χ0v) is 11.5. The number of aromatic nitrogens is 3. The smallest absolute Gasteiger partial charge is 0.263 e. The molecular weight excluding hydrogens is 264 g/mol. The summed E-state index contributed by atoms with van der Waals surface area (Å²) >= 11 is 1.35. The number of rotatable bonds is 4. The molecule has 2 rings (SSSR count). The maximum Gasteiger partial charge on any atom is 0.263 e. The van der Waals surface area contributed by atoms with Crippen LogP contribution in [0.1, 0.15) is 29.2 Å². The number of hydrogen-bond donors (Lipinski definition) is 1. The summed E-state index contributed by atoms with van der Waals surface area (Å²) in [7, 11) is 0. The molecular formula is C12H14N4O2S. The average Bonchev–Trinajstić information content (AvgIpc) is 2.75. The van der Waals surface area contributed by atoms with Gasteiger partial charge in [-0.15, -0.1) is 10.2 Å². The molecule has 1 N–H and O–H groups in total. The predicted molar refractivity (Wildman–Crippen MR) is 71.8 cm³/mol. The normalized spacial score (nSPS) is 10.7. The van der Waals surface area contributed by atoms with Crippen LogP contribution in [0.25, 0.3) is 0 Å². The van der Waals surface area contributed by atoms with Crippen molar-refractivity contribution in [3.05, 3.63) is 40.3 Å². The quantitative estimate of drug-likeness (QED) is 0.680. The molecule has 0 saturated carbocycles. The fourth-order valence-corrected chi connectivity index (χ4v) is 2.44. The van der Waals surface area contributed by atoms with Crippen molar-refractivity contribution in [3.63, 3.8) is 0 Å². The summed E-state index contributed by atoms with van der Waals surface area (Å²) in [6, 6.07) is 3.09. The number of carbonyl (C=O) groups is 1. The van der Waals surface area contributed by atoms with Crippen molar-refractivity contribution >= 4 is 22.4 Å². The van der Waals surface area contributed by atoms with Gasteiger partial charge in [0.15, 0.2) is 12.4 Å². The Morgan fingerprint density at radius 2 is 2.32 bits per heavy atom. The standard InChI is InChI=1S/C12H14N4O2S/c1-8(2)6-10-14-15-12(19-10)13-11(17)9-4-3-5-16(18)7-9/h3-5,7-8H,6H2,1-2H3,(H,13,15,17). The Morgan fingerprint density at radius 1 is 1.53 bits per heavy atom. The summed E-state index contributed by atoms with van der Waals surface area (Å²) < 4.78 is 0.583. The molecule has 0 aliphatic heterocycles. The Labute approximate surface area is 114 Å². The van der Waals surface area contributed by atoms with E-state index in [1.807, 2.05) is 0 Å². The highest BCUT2D eigenvalue weighted by Gasteiger charge is 2.12. The van der Waals surface area contributed by atoms with Gasteiger partial charge >= 0.3 is 0 Å². The molecule has 1 amide bonds. The Bertz CT molecular complexity index is 583. The van der Waals surface area contributed by atoms with Crippen molar-refractivity contribution in [2.24, 2.45) is 5.92 Å². The molecule has 0 radical (unpaired) electrons. The molecule has 0 unspecified atom stereocenters. The van der Waals surface area contributed by atoms with Gasteiger partial charge in [0.2, 0.25) is 5.13 Å². The summed E-state index contributed by atoms with van der Waals surface area (Å²) in [5, 5.41) is 23.0. The van der Waals surface area contributed by atoms with Crippen LogP contribution in [0, 0.1) is 11.1 Å². The lowest BCUT2D eigenvalue weighted by molar-refractivity contribution is -0.605. The van der Waals surface area contributed by atoms with Crippen LogP contribution in [0.4, 0.5) is 5.13 Å². The molecule has 0 fully saturated rings. The highest BCUT2D eigenvalue weighted by Crippen LogP contribution is 2.18. The molecule has 6 nitrogen and oxygen atoms in total. The summed E-state index contributed by atoms with van der Waals surface area (Å²) in [4.78, 5) is 11.9. The lowest BCUT2D eigenvalue weighted by Crippen LogP contribution is -2.27. The number of pyridine rings is 1. The van der Waals surface area contributed by atoms with E-state index in [2.05, 4.69) is 29.4 Å². The fourth-order valence-electron chi connectivity index (χ4n) is 1.49. The predicted octanol–water partition coefficient (Wildman–Crippen LogP) is 1.62. The first-order chi connectivity index (χ1) is 9.04. The van der Waals surface area contributed by atoms with E-state index < -0.39 is 0 Å². The number of anilines is 1. The van der Waals surface area contributed by atoms with Crippen LogP contribution in [0.2, 0.25) is 0 Å². The maximum absolute atomic E-state index is 11.9. The third-order valence-corrected chi connectivity index (χ3v) is 3.17. The van der Waals surface area contributed by atoms with Crippen LogP contribution in [-0.4, -0.2) is 16.1 Å². The van der Waals surface area contributed by atoms with Crippen LogP contribution in [0.15, 0.2) is 24.5 Å². The minimum absolute atomic E-state index is 0.290. The van der Waals surface area contributed by atoms with Crippen molar-refractivity contribution in [2.75, 3.05) is 5.32 Å². The van der Waals surface area contributed by atoms with Crippen molar-refractivity contribution < 1.29 is 9.52 Å². The van der Waals surface area contributed by atoms with Gasteiger partial charge in [-0.25, -0.2) is 0 Å². The molecule has 0 aliphatic carbocycles. The Hall–Kier alpha value is -2.02. The molecule has 0 bridgehead atoms. The van der Waals surface area contributed by atoms with Gasteiger partial charge in [0.05, 0.1) is 0 Å². The molecule has 0 aromatic carbocycles. The average molecular weight is 278 g/mol. The zero-order chi connectivity index (χ0) is 13.8. The third kappa shape index (κ3) is 3.72. The van der Waals surface area contributed by atoms with Crippen LogP contribution in [0.3, 0.4) is 0 Å². The third-order valence-electron chi connectivity index (χ3n) is 2.31. The van der Waals surface area contributed by atoms with Gasteiger partial charge in [-0.2, -0.15) is 4.73 Å². The molecule has 19 heavy (non-hydrogen) atoms. The lowest BCUT2D eigenvalue weighted by Gasteiger charge is -2.01. The molecule has 100 valence electrons. The van der Waals surface area contributed by atoms with Gasteiger partial charge < -0.3 is 5.21 Å². The van der Waals surface area contributed by atoms with Gasteiger partial charge in [0.1, 0.15) is 10.6 Å². The number of hydrogen-bond acceptors (Lipinski definition) is 5. The molecule has 0 saturated heterocycles. The molecule has 2 heterocycles. The van der Waals surface area contributed by atoms with Crippen molar-refractivity contribution in [1.82, 2.24) is 10.2 Å². The second-order valence-electron chi connectivity index (χ2n) is 4.51. The SMILES string of the molecule is CC(C)Cc1nnc(NC(=O)c2ccc[n+]([O-])c2)s1. The Morgan fingerprint density at radius 3 is 3.00 bits per heavy atom. The number of amides is 1. The number of nitrogens with one attached hydrogen (secondary N) is 1. The second kappa shape index (κ2) is 5.75. The second-order valence-corrected chi connectivity index (χ2v) is 5.57. The van der Waals surface area contributed by atoms with Gasteiger partial charge in [-0.05, 0) is 12.0 Å². The van der Waals surface area contributed by atoms with E-state index in [1.165, 1.54) is 29.8 Å². The first-order valence-corrected chi connectivity index (χ1v) is 6.69. The minimum atomic E-state index is -0.363. The van der Waals surface area contributed by atoms with Crippen molar-refractivity contribution in [2.45, 2.75) is 20.3 Å². The van der Waals surface area contributed by atoms with E-state index in [0.29, 0.717) is 15.8 Å². The summed E-state index contributed by atoms with van der Waals surface area (Å²) in [6.45, 7) is 4.19. The van der Waals surface area contributed by atoms with Crippen LogP contribution >= 0.6 is 11.3 Å². The Balaban J connectivity index is 2.05. The van der Waals surface area contributed by atoms with E-state index in [0.717, 1.165) is 11.4 Å². The summed E-state index contributed by atoms with van der Waals surface area (Å²) in [5.41, 5.74) is 0.290. The maximum atomic E-state index is 11.9. The Kier molecular flexibility index (Phi) is 4.06. The highest BCUT2D eigenvalue weighted by atomic mass is 32.1. The van der Waals surface area contributed by atoms with E-state index in [9.17, 15) is 10.0 Å². The van der Waals surface area contributed by atoms with Gasteiger partial charge in [-0.1, -0.05) is 25.2 Å². The molecule has 0 aliphatic rings. The molecule has 0 atom stereocenters. The van der Waals surface area contributed by atoms with Gasteiger partial charge in [-0.3, -0.25) is 10.1 Å². The van der Waals surface area contributed by atoms with Gasteiger partial charge in [0.25, 0.3) is 5.91 Å². The number of nitrogens with zero attached hydrogens (tertiary/aromatic N) is 3. The van der Waals surface area contributed by atoms with Crippen LogP contribution < -0.4 is 10.0 Å². The number of carbonyl (C=O) groups excluding carboxylic acids is 1. The summed E-state index contributed by atoms with van der Waals surface area (Å²) in [5.74, 6) is 0.127. The highest BCUT2D eigenvalue weighted by molar-refractivity contribution is 7.15. The monoisotopic (exact) mass is 278 g/mol. The molecule has 0 spiro atoms. The molecule has 7 heteroatoms. The van der Waals surface area contributed by atoms with Crippen molar-refractivity contribution in [1.29, 1.82) is 0 Å². The zero-order valence-electron chi connectivity index (χ0n) is 10.7. The van der Waals surface area contributed by atoms with E-state index in [4.69, 9.17) is 0 Å². The van der Waals surface area contributed by atoms with E-state index >= 15 is 0 Å². The largest absolute Gasteiger partial charge is 0.619 e. The first kappa shape index (κ1) is 13.4. The first-order valence-electron chi connectivity index (χ1n) is 5.87. The molecule has 2 aromatic heterocycles. The van der Waals surface area contributed by atoms with Gasteiger partial charge in [0, 0.05) is 12.5 Å².